The molecule has 1 unspecified atom stereocenters. The Hall–Kier alpha value is -2.82. The molecule has 3 N–H and O–H groups in total. The molecule has 0 aromatic heterocycles. The lowest BCUT2D eigenvalue weighted by atomic mass is 9.97. The number of nitrogens with zero attached hydrogens (tertiary/aromatic N) is 2. The topological polar surface area (TPSA) is 111 Å². The van der Waals surface area contributed by atoms with Gasteiger partial charge in [-0.25, -0.2) is 8.42 Å². The Morgan fingerprint density at radius 1 is 1.11 bits per heavy atom. The first-order valence-electron chi connectivity index (χ1n) is 12.6. The molecule has 0 aliphatic carbocycles. The molecule has 2 aromatic carbocycles. The van der Waals surface area contributed by atoms with Gasteiger partial charge in [0, 0.05) is 47.0 Å². The van der Waals surface area contributed by atoms with Crippen LogP contribution in [0.3, 0.4) is 0 Å². The summed E-state index contributed by atoms with van der Waals surface area (Å²) in [7, 11) is -3.42. The number of hydrogen-bond acceptors (Lipinski definition) is 6. The molecule has 2 amide bonds. The molecule has 0 bridgehead atoms. The van der Waals surface area contributed by atoms with Crippen LogP contribution in [0.25, 0.3) is 0 Å². The molecule has 2 heterocycles. The van der Waals surface area contributed by atoms with Crippen molar-refractivity contribution in [2.75, 3.05) is 55.1 Å². The van der Waals surface area contributed by atoms with Crippen molar-refractivity contribution in [1.82, 2.24) is 15.5 Å². The fourth-order valence-corrected chi connectivity index (χ4v) is 5.54. The van der Waals surface area contributed by atoms with Crippen LogP contribution in [0.1, 0.15) is 21.3 Å². The summed E-state index contributed by atoms with van der Waals surface area (Å²) in [5, 5.41) is 6.91. The Morgan fingerprint density at radius 3 is 2.46 bits per heavy atom. The molecule has 0 saturated carbocycles. The fourth-order valence-electron chi connectivity index (χ4n) is 4.85. The van der Waals surface area contributed by atoms with E-state index in [4.69, 9.17) is 11.6 Å². The summed E-state index contributed by atoms with van der Waals surface area (Å²) in [6.45, 7) is 3.54. The number of rotatable bonds is 8. The smallest absolute Gasteiger partial charge is 0.245 e. The van der Waals surface area contributed by atoms with Crippen LogP contribution < -0.4 is 20.3 Å². The molecule has 204 valence electrons. The van der Waals surface area contributed by atoms with Gasteiger partial charge < -0.3 is 20.4 Å². The Morgan fingerprint density at radius 2 is 1.81 bits per heavy atom. The monoisotopic (exact) mass is 551 g/mol. The molecule has 0 radical (unpaired) electrons. The highest BCUT2D eigenvalue weighted by molar-refractivity contribution is 7.92. The van der Waals surface area contributed by atoms with Crippen molar-refractivity contribution in [3.05, 3.63) is 59.1 Å². The molecule has 11 heteroatoms. The zero-order chi connectivity index (χ0) is 26.4. The molecule has 2 fully saturated rings. The second-order valence-electron chi connectivity index (χ2n) is 9.64. The minimum atomic E-state index is -3.42. The average Bonchev–Trinajstić information content (AvgIpc) is 2.89. The summed E-state index contributed by atoms with van der Waals surface area (Å²) in [4.78, 5) is 30.5. The van der Waals surface area contributed by atoms with Gasteiger partial charge in [-0.3, -0.25) is 14.3 Å². The van der Waals surface area contributed by atoms with Crippen LogP contribution in [-0.4, -0.2) is 76.7 Å². The maximum atomic E-state index is 13.6. The van der Waals surface area contributed by atoms with E-state index in [0.717, 1.165) is 36.9 Å². The molecule has 2 saturated heterocycles. The quantitative estimate of drug-likeness (QED) is 0.465. The minimum absolute atomic E-state index is 0. The van der Waals surface area contributed by atoms with Gasteiger partial charge in [0.15, 0.2) is 0 Å². The number of piperazine rings is 1. The summed E-state index contributed by atoms with van der Waals surface area (Å²) in [6.07, 6.45) is 3.24. The van der Waals surface area contributed by atoms with Crippen LogP contribution >= 0.6 is 11.6 Å². The number of halogens is 1. The van der Waals surface area contributed by atoms with Gasteiger partial charge in [-0.1, -0.05) is 35.9 Å². The summed E-state index contributed by atoms with van der Waals surface area (Å²) in [5.74, 6) is -0.363. The van der Waals surface area contributed by atoms with E-state index >= 15 is 0 Å². The van der Waals surface area contributed by atoms with Crippen molar-refractivity contribution < 1.29 is 20.9 Å². The van der Waals surface area contributed by atoms with E-state index in [0.29, 0.717) is 49.9 Å². The zero-order valence-electron chi connectivity index (χ0n) is 21.0. The number of carbonyl (C=O) groups is 2. The first-order valence-corrected chi connectivity index (χ1v) is 14.8. The van der Waals surface area contributed by atoms with Gasteiger partial charge in [-0.05, 0) is 49.2 Å². The second-order valence-corrected chi connectivity index (χ2v) is 11.8. The van der Waals surface area contributed by atoms with Crippen LogP contribution in [0.5, 0.6) is 0 Å². The summed E-state index contributed by atoms with van der Waals surface area (Å²) in [6, 6.07) is 13.9. The number of hydrogen-bond donors (Lipinski definition) is 3. The number of piperidine rings is 1. The van der Waals surface area contributed by atoms with E-state index in [1.54, 1.807) is 29.2 Å². The normalized spacial score (nSPS) is 19.2. The zero-order valence-corrected chi connectivity index (χ0v) is 22.5. The highest BCUT2D eigenvalue weighted by Gasteiger charge is 2.31. The van der Waals surface area contributed by atoms with Crippen molar-refractivity contribution in [2.45, 2.75) is 25.3 Å². The van der Waals surface area contributed by atoms with Crippen molar-refractivity contribution in [2.24, 2.45) is 5.92 Å². The number of amides is 2. The van der Waals surface area contributed by atoms with Gasteiger partial charge in [0.1, 0.15) is 6.04 Å². The molecule has 0 spiro atoms. The lowest BCUT2D eigenvalue weighted by molar-refractivity contribution is -0.137. The molecule has 2 atom stereocenters. The number of sulfonamides is 1. The van der Waals surface area contributed by atoms with Crippen LogP contribution in [-0.2, 0) is 26.0 Å². The van der Waals surface area contributed by atoms with Crippen LogP contribution in [0.2, 0.25) is 5.02 Å². The van der Waals surface area contributed by atoms with Gasteiger partial charge in [0.25, 0.3) is 0 Å². The predicted molar refractivity (Wildman–Crippen MR) is 151 cm³/mol. The molecule has 9 nitrogen and oxygen atoms in total. The third-order valence-corrected chi connectivity index (χ3v) is 7.61. The molecule has 2 aliphatic heterocycles. The summed E-state index contributed by atoms with van der Waals surface area (Å²) in [5.41, 5.74) is 2.21. The Balaban J connectivity index is 0.00000267. The van der Waals surface area contributed by atoms with Crippen molar-refractivity contribution in [1.29, 1.82) is 0 Å². The largest absolute Gasteiger partial charge is 0.366 e. The Bertz CT molecular complexity index is 1210. The van der Waals surface area contributed by atoms with Crippen LogP contribution in [0.15, 0.2) is 48.5 Å². The van der Waals surface area contributed by atoms with Crippen molar-refractivity contribution in [3.8, 4) is 0 Å². The second kappa shape index (κ2) is 12.1. The average molecular weight is 552 g/mol. The molecular weight excluding hydrogens is 514 g/mol. The van der Waals surface area contributed by atoms with Crippen molar-refractivity contribution >= 4 is 44.8 Å². The molecule has 2 aromatic rings. The number of nitrogens with one attached hydrogen (secondary N) is 3. The summed E-state index contributed by atoms with van der Waals surface area (Å²) >= 11 is 6.03. The SMILES string of the molecule is CS(=O)(=O)Nc1ccccc1N1CCN(C(=O)[C@@H](Cc2ccc(Cl)cc2)NC(=O)C2CCCNC2)CC1.[HH].[HH]. The third-order valence-electron chi connectivity index (χ3n) is 6.77. The number of benzene rings is 2. The van der Waals surface area contributed by atoms with E-state index in [-0.39, 0.29) is 20.6 Å². The molecule has 2 aliphatic rings. The molecule has 37 heavy (non-hydrogen) atoms. The van der Waals surface area contributed by atoms with Gasteiger partial charge in [0.2, 0.25) is 21.8 Å². The first kappa shape index (κ1) is 27.2. The van der Waals surface area contributed by atoms with Gasteiger partial charge in [-0.2, -0.15) is 0 Å². The first-order chi connectivity index (χ1) is 17.7. The number of carbonyl (C=O) groups excluding carboxylic acids is 2. The van der Waals surface area contributed by atoms with E-state index in [9.17, 15) is 18.0 Å². The maximum Gasteiger partial charge on any atom is 0.245 e. The minimum Gasteiger partial charge on any atom is -0.366 e. The lowest BCUT2D eigenvalue weighted by Crippen LogP contribution is -2.56. The lowest BCUT2D eigenvalue weighted by Gasteiger charge is -2.38. The predicted octanol–water partition coefficient (Wildman–Crippen LogP) is 2.58. The van der Waals surface area contributed by atoms with Crippen molar-refractivity contribution in [3.63, 3.8) is 0 Å². The van der Waals surface area contributed by atoms with Crippen LogP contribution in [0.4, 0.5) is 11.4 Å². The number of para-hydroxylation sites is 2. The van der Waals surface area contributed by atoms with Gasteiger partial charge >= 0.3 is 0 Å². The third kappa shape index (κ3) is 7.59. The van der Waals surface area contributed by atoms with Gasteiger partial charge in [0.05, 0.1) is 23.5 Å². The Labute approximate surface area is 226 Å². The van der Waals surface area contributed by atoms with E-state index < -0.39 is 16.1 Å². The van der Waals surface area contributed by atoms with E-state index in [2.05, 4.69) is 20.3 Å². The standard InChI is InChI=1S/C26H34ClN5O4S.2H2/c1-37(35,36)30-22-6-2-3-7-24(22)31-13-15-32(16-14-31)26(34)23(17-19-8-10-21(27)11-9-19)29-25(33)20-5-4-12-28-18-20;;/h2-3,6-11,20,23,28,30H,4-5,12-18H2,1H3,(H,29,33);2*1H/t20?,23-;;/m1../s1. The highest BCUT2D eigenvalue weighted by atomic mass is 35.5. The number of anilines is 2. The van der Waals surface area contributed by atoms with Crippen LogP contribution in [0, 0.1) is 5.92 Å². The highest BCUT2D eigenvalue weighted by Crippen LogP contribution is 2.27. The van der Waals surface area contributed by atoms with Gasteiger partial charge in [-0.15, -0.1) is 0 Å². The van der Waals surface area contributed by atoms with E-state index in [1.165, 1.54) is 0 Å². The fraction of sp³-hybridized carbons (Fsp3) is 0.462. The molecule has 4 rings (SSSR count). The summed E-state index contributed by atoms with van der Waals surface area (Å²) < 4.78 is 26.2. The maximum absolute atomic E-state index is 13.6. The molecular formula is C26H38ClN5O4S. The van der Waals surface area contributed by atoms with E-state index in [1.807, 2.05) is 24.3 Å². The Kier molecular flexibility index (Phi) is 8.94.